The summed E-state index contributed by atoms with van der Waals surface area (Å²) in [6, 6.07) is 17.8. The van der Waals surface area contributed by atoms with Gasteiger partial charge in [0.05, 0.1) is 12.2 Å². The highest BCUT2D eigenvalue weighted by Gasteiger charge is 2.06. The molecule has 3 aromatic rings. The molecule has 0 spiro atoms. The number of aryl methyl sites for hydroxylation is 1. The highest BCUT2D eigenvalue weighted by molar-refractivity contribution is 5.89. The Morgan fingerprint density at radius 3 is 2.67 bits per heavy atom. The minimum absolute atomic E-state index is 0.00554. The van der Waals surface area contributed by atoms with E-state index >= 15 is 0 Å². The van der Waals surface area contributed by atoms with Crippen molar-refractivity contribution in [3.8, 4) is 0 Å². The van der Waals surface area contributed by atoms with Crippen LogP contribution in [-0.2, 0) is 17.8 Å². The molecule has 5 heteroatoms. The fourth-order valence-corrected chi connectivity index (χ4v) is 2.48. The van der Waals surface area contributed by atoms with E-state index < -0.39 is 0 Å². The van der Waals surface area contributed by atoms with Crippen LogP contribution in [0.5, 0.6) is 0 Å². The summed E-state index contributed by atoms with van der Waals surface area (Å²) in [4.78, 5) is 16.3. The van der Waals surface area contributed by atoms with Gasteiger partial charge in [-0.25, -0.2) is 0 Å². The molecular weight excluding hydrogens is 300 g/mol. The summed E-state index contributed by atoms with van der Waals surface area (Å²) in [7, 11) is 0. The number of aromatic nitrogens is 3. The topological polar surface area (TPSA) is 59.8 Å². The average molecular weight is 320 g/mol. The van der Waals surface area contributed by atoms with E-state index in [1.54, 1.807) is 16.9 Å². The quantitative estimate of drug-likeness (QED) is 0.727. The zero-order valence-corrected chi connectivity index (χ0v) is 13.4. The number of rotatable bonds is 7. The van der Waals surface area contributed by atoms with Gasteiger partial charge in [-0.15, -0.1) is 0 Å². The van der Waals surface area contributed by atoms with Gasteiger partial charge in [0.2, 0.25) is 5.91 Å². The predicted octanol–water partition coefficient (Wildman–Crippen LogP) is 3.29. The maximum Gasteiger partial charge on any atom is 0.225 e. The number of hydrogen-bond donors (Lipinski definition) is 1. The van der Waals surface area contributed by atoms with E-state index in [0.717, 1.165) is 18.5 Å². The van der Waals surface area contributed by atoms with Gasteiger partial charge < -0.3 is 5.32 Å². The van der Waals surface area contributed by atoms with E-state index in [2.05, 4.69) is 27.5 Å². The summed E-state index contributed by atoms with van der Waals surface area (Å²) in [5.74, 6) is 0.574. The third-order valence-electron chi connectivity index (χ3n) is 3.67. The van der Waals surface area contributed by atoms with Crippen LogP contribution in [0.1, 0.15) is 24.1 Å². The van der Waals surface area contributed by atoms with E-state index in [-0.39, 0.29) is 5.91 Å². The van der Waals surface area contributed by atoms with Crippen LogP contribution in [0.2, 0.25) is 0 Å². The average Bonchev–Trinajstić information content (AvgIpc) is 3.03. The molecule has 1 aromatic carbocycles. The highest BCUT2D eigenvalue weighted by atomic mass is 16.1. The molecule has 5 nitrogen and oxygen atoms in total. The first-order valence-corrected chi connectivity index (χ1v) is 8.07. The van der Waals surface area contributed by atoms with Gasteiger partial charge in [0, 0.05) is 24.9 Å². The van der Waals surface area contributed by atoms with Gasteiger partial charge in [0.1, 0.15) is 0 Å². The maximum absolute atomic E-state index is 12.0. The molecule has 0 saturated heterocycles. The zero-order valence-electron chi connectivity index (χ0n) is 13.4. The normalized spacial score (nSPS) is 10.5. The van der Waals surface area contributed by atoms with Crippen LogP contribution in [0.4, 0.5) is 5.82 Å². The number of anilines is 1. The Labute approximate surface area is 141 Å². The lowest BCUT2D eigenvalue weighted by atomic mass is 10.1. The number of amides is 1. The van der Waals surface area contributed by atoms with Gasteiger partial charge in [0.15, 0.2) is 5.82 Å². The number of hydrogen-bond acceptors (Lipinski definition) is 3. The second-order valence-corrected chi connectivity index (χ2v) is 5.61. The molecule has 0 fully saturated rings. The molecule has 0 aliphatic heterocycles. The molecule has 0 saturated carbocycles. The van der Waals surface area contributed by atoms with Gasteiger partial charge in [0.25, 0.3) is 0 Å². The standard InChI is InChI=1S/C19H20N4O/c24-19(11-6-9-16-7-2-1-3-8-16)21-18-12-14-23(22-18)15-17-10-4-5-13-20-17/h1-5,7-8,10,12-14H,6,9,11,15H2,(H,21,22,24). The number of pyridine rings is 1. The highest BCUT2D eigenvalue weighted by Crippen LogP contribution is 2.08. The van der Waals surface area contributed by atoms with Gasteiger partial charge >= 0.3 is 0 Å². The van der Waals surface area contributed by atoms with Crippen LogP contribution in [-0.4, -0.2) is 20.7 Å². The first-order valence-electron chi connectivity index (χ1n) is 8.07. The Morgan fingerprint density at radius 2 is 1.88 bits per heavy atom. The zero-order chi connectivity index (χ0) is 16.6. The third kappa shape index (κ3) is 4.78. The molecule has 1 amide bonds. The van der Waals surface area contributed by atoms with Gasteiger partial charge in [-0.2, -0.15) is 5.10 Å². The molecule has 0 atom stereocenters. The molecule has 2 heterocycles. The van der Waals surface area contributed by atoms with Crippen molar-refractivity contribution in [3.63, 3.8) is 0 Å². The van der Waals surface area contributed by atoms with Crippen molar-refractivity contribution in [1.29, 1.82) is 0 Å². The molecule has 122 valence electrons. The molecular formula is C19H20N4O. The van der Waals surface area contributed by atoms with Gasteiger partial charge in [-0.1, -0.05) is 36.4 Å². The third-order valence-corrected chi connectivity index (χ3v) is 3.67. The van der Waals surface area contributed by atoms with Crippen molar-refractivity contribution < 1.29 is 4.79 Å². The lowest BCUT2D eigenvalue weighted by Crippen LogP contribution is -2.12. The summed E-state index contributed by atoms with van der Waals surface area (Å²) in [5, 5.41) is 7.20. The van der Waals surface area contributed by atoms with Crippen LogP contribution in [0.3, 0.4) is 0 Å². The summed E-state index contributed by atoms with van der Waals surface area (Å²) >= 11 is 0. The maximum atomic E-state index is 12.0. The van der Waals surface area contributed by atoms with Crippen molar-refractivity contribution in [2.45, 2.75) is 25.8 Å². The molecule has 0 aliphatic carbocycles. The Balaban J connectivity index is 1.45. The summed E-state index contributed by atoms with van der Waals surface area (Å²) in [6.07, 6.45) is 5.82. The van der Waals surface area contributed by atoms with E-state index in [4.69, 9.17) is 0 Å². The number of nitrogens with one attached hydrogen (secondary N) is 1. The summed E-state index contributed by atoms with van der Waals surface area (Å²) in [5.41, 5.74) is 2.19. The summed E-state index contributed by atoms with van der Waals surface area (Å²) in [6.45, 7) is 0.588. The molecule has 24 heavy (non-hydrogen) atoms. The second-order valence-electron chi connectivity index (χ2n) is 5.61. The number of nitrogens with zero attached hydrogens (tertiary/aromatic N) is 3. The van der Waals surface area contributed by atoms with E-state index in [9.17, 15) is 4.79 Å². The van der Waals surface area contributed by atoms with Gasteiger partial charge in [-0.3, -0.25) is 14.5 Å². The largest absolute Gasteiger partial charge is 0.309 e. The van der Waals surface area contributed by atoms with Crippen LogP contribution in [0.15, 0.2) is 67.0 Å². The fourth-order valence-electron chi connectivity index (χ4n) is 2.48. The number of carbonyl (C=O) groups is 1. The minimum Gasteiger partial charge on any atom is -0.309 e. The van der Waals surface area contributed by atoms with Gasteiger partial charge in [-0.05, 0) is 30.5 Å². The number of benzene rings is 1. The first-order chi connectivity index (χ1) is 11.8. The predicted molar refractivity (Wildman–Crippen MR) is 93.6 cm³/mol. The molecule has 0 radical (unpaired) electrons. The molecule has 0 bridgehead atoms. The van der Waals surface area contributed by atoms with Crippen molar-refractivity contribution >= 4 is 11.7 Å². The smallest absolute Gasteiger partial charge is 0.225 e. The van der Waals surface area contributed by atoms with Crippen LogP contribution >= 0.6 is 0 Å². The minimum atomic E-state index is -0.00554. The summed E-state index contributed by atoms with van der Waals surface area (Å²) < 4.78 is 1.77. The van der Waals surface area contributed by atoms with Crippen LogP contribution < -0.4 is 5.32 Å². The monoisotopic (exact) mass is 320 g/mol. The Hall–Kier alpha value is -2.95. The van der Waals surface area contributed by atoms with E-state index in [0.29, 0.717) is 18.8 Å². The van der Waals surface area contributed by atoms with Crippen molar-refractivity contribution in [1.82, 2.24) is 14.8 Å². The molecule has 0 aliphatic rings. The van der Waals surface area contributed by atoms with E-state index in [1.807, 2.05) is 42.6 Å². The Bertz CT molecular complexity index is 768. The fraction of sp³-hybridized carbons (Fsp3) is 0.211. The van der Waals surface area contributed by atoms with Crippen LogP contribution in [0.25, 0.3) is 0 Å². The van der Waals surface area contributed by atoms with Crippen LogP contribution in [0, 0.1) is 0 Å². The molecule has 0 unspecified atom stereocenters. The molecule has 1 N–H and O–H groups in total. The second kappa shape index (κ2) is 8.06. The Kier molecular flexibility index (Phi) is 5.35. The lowest BCUT2D eigenvalue weighted by molar-refractivity contribution is -0.116. The van der Waals surface area contributed by atoms with Crippen molar-refractivity contribution in [2.24, 2.45) is 0 Å². The van der Waals surface area contributed by atoms with E-state index in [1.165, 1.54) is 5.56 Å². The van der Waals surface area contributed by atoms with Crippen molar-refractivity contribution in [2.75, 3.05) is 5.32 Å². The molecule has 2 aromatic heterocycles. The van der Waals surface area contributed by atoms with Crippen molar-refractivity contribution in [3.05, 3.63) is 78.2 Å². The number of carbonyl (C=O) groups excluding carboxylic acids is 1. The molecule has 3 rings (SSSR count). The lowest BCUT2D eigenvalue weighted by Gasteiger charge is -2.03. The SMILES string of the molecule is O=C(CCCc1ccccc1)Nc1ccn(Cc2ccccn2)n1. The first kappa shape index (κ1) is 15.9. The Morgan fingerprint density at radius 1 is 1.04 bits per heavy atom.